The van der Waals surface area contributed by atoms with E-state index in [4.69, 9.17) is 4.74 Å². The molecule has 6 heteroatoms. The van der Waals surface area contributed by atoms with Gasteiger partial charge in [-0.05, 0) is 32.6 Å². The van der Waals surface area contributed by atoms with Crippen molar-refractivity contribution < 1.29 is 14.6 Å². The normalized spacial score (nSPS) is 24.6. The number of carbonyl (C=O) groups is 1. The largest absolute Gasteiger partial charge is 0.482 e. The molecule has 0 bridgehead atoms. The predicted molar refractivity (Wildman–Crippen MR) is 86.1 cm³/mol. The first-order valence-electron chi connectivity index (χ1n) is 8.48. The van der Waals surface area contributed by atoms with E-state index in [-0.39, 0.29) is 12.0 Å². The Hall–Kier alpha value is -1.82. The van der Waals surface area contributed by atoms with Gasteiger partial charge in [-0.2, -0.15) is 5.10 Å². The lowest BCUT2D eigenvalue weighted by atomic mass is 9.97. The number of aryl methyl sites for hydroxylation is 1. The van der Waals surface area contributed by atoms with E-state index in [1.165, 1.54) is 18.4 Å². The highest BCUT2D eigenvalue weighted by atomic mass is 16.5. The molecule has 2 atom stereocenters. The van der Waals surface area contributed by atoms with Crippen LogP contribution < -0.4 is 4.74 Å². The molecule has 1 aliphatic heterocycles. The minimum Gasteiger partial charge on any atom is -0.482 e. The van der Waals surface area contributed by atoms with Gasteiger partial charge in [0.25, 0.3) is 0 Å². The van der Waals surface area contributed by atoms with Gasteiger partial charge in [0.15, 0.2) is 5.75 Å². The number of hydrogen-bond acceptors (Lipinski definition) is 4. The smallest absolute Gasteiger partial charge is 0.226 e. The van der Waals surface area contributed by atoms with Crippen molar-refractivity contribution in [1.29, 1.82) is 0 Å². The molecule has 0 saturated carbocycles. The van der Waals surface area contributed by atoms with Gasteiger partial charge in [0.05, 0.1) is 25.5 Å². The van der Waals surface area contributed by atoms with E-state index in [1.807, 2.05) is 13.1 Å². The molecule has 1 aromatic rings. The molecule has 1 amide bonds. The number of aliphatic hydroxyl groups excluding tert-OH is 1. The third-order valence-electron chi connectivity index (χ3n) is 4.57. The van der Waals surface area contributed by atoms with E-state index in [2.05, 4.69) is 11.2 Å². The molecule has 3 rings (SSSR count). The molecule has 1 aliphatic carbocycles. The SMILES string of the molecule is CCn1cc(O[C@@H]2CN(C(=O)CC3=CCCCC3)C[C@H]2O)cn1. The fourth-order valence-corrected chi connectivity index (χ4v) is 3.20. The summed E-state index contributed by atoms with van der Waals surface area (Å²) < 4.78 is 7.57. The van der Waals surface area contributed by atoms with Crippen molar-refractivity contribution in [2.45, 2.75) is 57.8 Å². The predicted octanol–water partition coefficient (Wildman–Crippen LogP) is 1.74. The van der Waals surface area contributed by atoms with Crippen LogP contribution in [0.5, 0.6) is 5.75 Å². The van der Waals surface area contributed by atoms with Gasteiger partial charge >= 0.3 is 0 Å². The van der Waals surface area contributed by atoms with Crippen molar-refractivity contribution in [3.63, 3.8) is 0 Å². The number of aromatic nitrogens is 2. The van der Waals surface area contributed by atoms with Gasteiger partial charge in [0, 0.05) is 13.0 Å². The molecule has 1 N–H and O–H groups in total. The summed E-state index contributed by atoms with van der Waals surface area (Å²) in [6.07, 6.45) is 9.61. The Morgan fingerprint density at radius 2 is 2.30 bits per heavy atom. The number of β-amino-alcohol motifs (C(OH)–C–C–N with tert-alkyl or cyclic N) is 1. The third kappa shape index (κ3) is 3.93. The van der Waals surface area contributed by atoms with Crippen molar-refractivity contribution in [3.8, 4) is 5.75 Å². The molecule has 2 heterocycles. The minimum absolute atomic E-state index is 0.0903. The van der Waals surface area contributed by atoms with Crippen LogP contribution in [0.2, 0.25) is 0 Å². The summed E-state index contributed by atoms with van der Waals surface area (Å²) in [5.74, 6) is 0.729. The van der Waals surface area contributed by atoms with Crippen LogP contribution in [-0.2, 0) is 11.3 Å². The summed E-state index contributed by atoms with van der Waals surface area (Å²) in [5, 5.41) is 14.3. The van der Waals surface area contributed by atoms with Crippen LogP contribution in [0.4, 0.5) is 0 Å². The Morgan fingerprint density at radius 1 is 1.43 bits per heavy atom. The van der Waals surface area contributed by atoms with Gasteiger partial charge in [0.2, 0.25) is 5.91 Å². The van der Waals surface area contributed by atoms with Crippen molar-refractivity contribution in [2.24, 2.45) is 0 Å². The third-order valence-corrected chi connectivity index (χ3v) is 4.57. The molecule has 126 valence electrons. The van der Waals surface area contributed by atoms with Crippen LogP contribution >= 0.6 is 0 Å². The Balaban J connectivity index is 1.54. The van der Waals surface area contributed by atoms with E-state index in [0.717, 1.165) is 19.4 Å². The highest BCUT2D eigenvalue weighted by Crippen LogP contribution is 2.23. The molecular weight excluding hydrogens is 294 g/mol. The van der Waals surface area contributed by atoms with Crippen LogP contribution in [0.3, 0.4) is 0 Å². The summed E-state index contributed by atoms with van der Waals surface area (Å²) in [4.78, 5) is 14.1. The molecule has 0 aromatic carbocycles. The average Bonchev–Trinajstić information content (AvgIpc) is 3.16. The number of carbonyl (C=O) groups excluding carboxylic acids is 1. The van der Waals surface area contributed by atoms with Crippen LogP contribution in [0.15, 0.2) is 24.0 Å². The first-order valence-corrected chi connectivity index (χ1v) is 8.48. The zero-order chi connectivity index (χ0) is 16.2. The molecular formula is C17H25N3O3. The van der Waals surface area contributed by atoms with Crippen LogP contribution in [0.25, 0.3) is 0 Å². The molecule has 2 aliphatic rings. The average molecular weight is 319 g/mol. The lowest BCUT2D eigenvalue weighted by Crippen LogP contribution is -2.31. The van der Waals surface area contributed by atoms with Crippen LogP contribution in [0, 0.1) is 0 Å². The second-order valence-electron chi connectivity index (χ2n) is 6.34. The molecule has 6 nitrogen and oxygen atoms in total. The van der Waals surface area contributed by atoms with E-state index in [9.17, 15) is 9.90 Å². The van der Waals surface area contributed by atoms with E-state index in [1.54, 1.807) is 15.8 Å². The minimum atomic E-state index is -0.649. The number of allylic oxidation sites excluding steroid dienone is 1. The lowest BCUT2D eigenvalue weighted by molar-refractivity contribution is -0.129. The number of amides is 1. The van der Waals surface area contributed by atoms with Gasteiger partial charge < -0.3 is 14.7 Å². The maximum absolute atomic E-state index is 12.4. The fraction of sp³-hybridized carbons (Fsp3) is 0.647. The van der Waals surface area contributed by atoms with Gasteiger partial charge in [-0.25, -0.2) is 0 Å². The quantitative estimate of drug-likeness (QED) is 0.840. The molecule has 23 heavy (non-hydrogen) atoms. The second-order valence-corrected chi connectivity index (χ2v) is 6.34. The van der Waals surface area contributed by atoms with E-state index in [0.29, 0.717) is 25.3 Å². The molecule has 0 radical (unpaired) electrons. The summed E-state index contributed by atoms with van der Waals surface area (Å²) in [6, 6.07) is 0. The Morgan fingerprint density at radius 3 is 3.00 bits per heavy atom. The van der Waals surface area contributed by atoms with E-state index < -0.39 is 6.10 Å². The fourth-order valence-electron chi connectivity index (χ4n) is 3.20. The lowest BCUT2D eigenvalue weighted by Gasteiger charge is -2.18. The molecule has 1 saturated heterocycles. The first kappa shape index (κ1) is 16.1. The van der Waals surface area contributed by atoms with Gasteiger partial charge in [-0.1, -0.05) is 11.6 Å². The topological polar surface area (TPSA) is 67.6 Å². The Labute approximate surface area is 136 Å². The maximum Gasteiger partial charge on any atom is 0.226 e. The zero-order valence-corrected chi connectivity index (χ0v) is 13.6. The zero-order valence-electron chi connectivity index (χ0n) is 13.6. The Bertz CT molecular complexity index is 581. The summed E-state index contributed by atoms with van der Waals surface area (Å²) in [7, 11) is 0. The number of likely N-dealkylation sites (tertiary alicyclic amines) is 1. The second kappa shape index (κ2) is 7.17. The Kier molecular flexibility index (Phi) is 5.00. The molecule has 1 fully saturated rings. The van der Waals surface area contributed by atoms with Crippen molar-refractivity contribution >= 4 is 5.91 Å². The number of nitrogens with zero attached hydrogens (tertiary/aromatic N) is 3. The van der Waals surface area contributed by atoms with E-state index >= 15 is 0 Å². The van der Waals surface area contributed by atoms with Crippen molar-refractivity contribution in [3.05, 3.63) is 24.0 Å². The van der Waals surface area contributed by atoms with Crippen molar-refractivity contribution in [1.82, 2.24) is 14.7 Å². The standard InChI is InChI=1S/C17H25N3O3/c1-2-20-10-14(9-18-20)23-16-12-19(11-15(16)21)17(22)8-13-6-4-3-5-7-13/h6,9-10,15-16,21H,2-5,7-8,11-12H2,1H3/t15-,16-/m1/s1. The first-order chi connectivity index (χ1) is 11.2. The highest BCUT2D eigenvalue weighted by Gasteiger charge is 2.35. The maximum atomic E-state index is 12.4. The monoisotopic (exact) mass is 319 g/mol. The van der Waals surface area contributed by atoms with Crippen molar-refractivity contribution in [2.75, 3.05) is 13.1 Å². The van der Waals surface area contributed by atoms with Gasteiger partial charge in [-0.15, -0.1) is 0 Å². The summed E-state index contributed by atoms with van der Waals surface area (Å²) >= 11 is 0. The summed E-state index contributed by atoms with van der Waals surface area (Å²) in [5.41, 5.74) is 1.24. The molecule has 0 spiro atoms. The number of rotatable bonds is 5. The number of ether oxygens (including phenoxy) is 1. The van der Waals surface area contributed by atoms with Gasteiger partial charge in [-0.3, -0.25) is 9.48 Å². The van der Waals surface area contributed by atoms with Crippen LogP contribution in [-0.4, -0.2) is 51.0 Å². The molecule has 1 aromatic heterocycles. The molecule has 0 unspecified atom stereocenters. The van der Waals surface area contributed by atoms with Crippen LogP contribution in [0.1, 0.15) is 39.0 Å². The number of aliphatic hydroxyl groups is 1. The number of hydrogen-bond donors (Lipinski definition) is 1. The van der Waals surface area contributed by atoms with Gasteiger partial charge in [0.1, 0.15) is 12.2 Å². The summed E-state index contributed by atoms with van der Waals surface area (Å²) in [6.45, 7) is 3.56. The highest BCUT2D eigenvalue weighted by molar-refractivity contribution is 5.79.